The Morgan fingerprint density at radius 3 is 2.20 bits per heavy atom. The number of β-amino-alcohol motifs (C(OH)–C–C–N with tert-alkyl or cyclic N) is 1. The van der Waals surface area contributed by atoms with Gasteiger partial charge in [-0.2, -0.15) is 0 Å². The first kappa shape index (κ1) is 15.0. The van der Waals surface area contributed by atoms with Gasteiger partial charge in [-0.3, -0.25) is 4.79 Å². The maximum Gasteiger partial charge on any atom is 0.226 e. The minimum atomic E-state index is -0.553. The lowest BCUT2D eigenvalue weighted by molar-refractivity contribution is -0.135. The minimum absolute atomic E-state index is 0.213. The predicted octanol–water partition coefficient (Wildman–Crippen LogP) is 3.17. The molecule has 2 aromatic carbocycles. The first-order valence-electron chi connectivity index (χ1n) is 9.17. The molecule has 0 spiro atoms. The van der Waals surface area contributed by atoms with E-state index in [0.717, 1.165) is 30.3 Å². The molecule has 5 rings (SSSR count). The molecule has 3 atom stereocenters. The number of benzene rings is 2. The van der Waals surface area contributed by atoms with Crippen molar-refractivity contribution in [3.05, 3.63) is 48.5 Å². The van der Waals surface area contributed by atoms with Gasteiger partial charge < -0.3 is 14.6 Å². The van der Waals surface area contributed by atoms with E-state index in [-0.39, 0.29) is 11.8 Å². The number of hydrogen-bond acceptors (Lipinski definition) is 2. The molecule has 1 N–H and O–H groups in total. The summed E-state index contributed by atoms with van der Waals surface area (Å²) >= 11 is 0. The Kier molecular flexibility index (Phi) is 3.35. The fourth-order valence-electron chi connectivity index (χ4n) is 4.81. The van der Waals surface area contributed by atoms with Gasteiger partial charge in [0.25, 0.3) is 0 Å². The molecule has 2 aliphatic rings. The van der Waals surface area contributed by atoms with Gasteiger partial charge in [0.05, 0.1) is 12.6 Å². The number of aliphatic hydroxyl groups excluding tert-OH is 1. The molecule has 1 saturated carbocycles. The summed E-state index contributed by atoms with van der Waals surface area (Å²) in [6, 6.07) is 17.0. The van der Waals surface area contributed by atoms with Crippen LogP contribution in [0.3, 0.4) is 0 Å². The van der Waals surface area contributed by atoms with Crippen LogP contribution < -0.4 is 0 Å². The predicted molar refractivity (Wildman–Crippen MR) is 98.3 cm³/mol. The second-order valence-electron chi connectivity index (χ2n) is 7.45. The number of fused-ring (bicyclic) bond motifs is 5. The van der Waals surface area contributed by atoms with E-state index in [2.05, 4.69) is 41.0 Å². The number of aliphatic hydroxyl groups is 1. The van der Waals surface area contributed by atoms with Gasteiger partial charge in [0.1, 0.15) is 0 Å². The average molecular weight is 334 g/mol. The van der Waals surface area contributed by atoms with Crippen molar-refractivity contribution in [1.82, 2.24) is 9.47 Å². The van der Waals surface area contributed by atoms with Crippen LogP contribution in [0.5, 0.6) is 0 Å². The van der Waals surface area contributed by atoms with Crippen LogP contribution in [-0.2, 0) is 11.3 Å². The molecule has 1 aromatic heterocycles. The molecule has 2 bridgehead atoms. The van der Waals surface area contributed by atoms with Gasteiger partial charge in [0, 0.05) is 40.3 Å². The van der Waals surface area contributed by atoms with Crippen LogP contribution in [0.4, 0.5) is 0 Å². The molecule has 4 heteroatoms. The molecular weight excluding hydrogens is 312 g/mol. The molecular formula is C21H22N2O2. The van der Waals surface area contributed by atoms with Crippen molar-refractivity contribution in [2.24, 2.45) is 5.92 Å². The quantitative estimate of drug-likeness (QED) is 0.796. The third-order valence-electron chi connectivity index (χ3n) is 5.96. The van der Waals surface area contributed by atoms with Crippen molar-refractivity contribution >= 4 is 27.7 Å². The molecule has 128 valence electrons. The Labute approximate surface area is 146 Å². The van der Waals surface area contributed by atoms with Crippen LogP contribution in [0, 0.1) is 5.92 Å². The summed E-state index contributed by atoms with van der Waals surface area (Å²) in [7, 11) is 0. The lowest BCUT2D eigenvalue weighted by Gasteiger charge is -2.29. The maximum absolute atomic E-state index is 12.3. The molecule has 4 nitrogen and oxygen atoms in total. The standard InChI is InChI=1S/C21H22N2O2/c24-16(12-22-15-10-9-14(11-15)21(22)25)13-23-19-7-3-1-5-17(19)18-6-2-4-8-20(18)23/h1-8,14-16,24H,9-13H2/t14-,15+,16+/m0/s1. The zero-order valence-corrected chi connectivity index (χ0v) is 14.1. The fraction of sp³-hybridized carbons (Fsp3) is 0.381. The van der Waals surface area contributed by atoms with Gasteiger partial charge in [-0.25, -0.2) is 0 Å². The monoisotopic (exact) mass is 334 g/mol. The topological polar surface area (TPSA) is 45.5 Å². The summed E-state index contributed by atoms with van der Waals surface area (Å²) < 4.78 is 2.19. The van der Waals surface area contributed by atoms with Crippen molar-refractivity contribution in [2.75, 3.05) is 6.54 Å². The summed E-state index contributed by atoms with van der Waals surface area (Å²) in [5, 5.41) is 13.2. The Morgan fingerprint density at radius 1 is 0.960 bits per heavy atom. The number of nitrogens with zero attached hydrogens (tertiary/aromatic N) is 2. The Balaban J connectivity index is 1.46. The maximum atomic E-state index is 12.3. The molecule has 1 amide bonds. The second-order valence-corrected chi connectivity index (χ2v) is 7.45. The van der Waals surface area contributed by atoms with Crippen LogP contribution in [0.2, 0.25) is 0 Å². The van der Waals surface area contributed by atoms with Crippen molar-refractivity contribution in [2.45, 2.75) is 38.0 Å². The van der Waals surface area contributed by atoms with E-state index in [1.807, 2.05) is 17.0 Å². The van der Waals surface area contributed by atoms with E-state index in [0.29, 0.717) is 19.1 Å². The number of hydrogen-bond donors (Lipinski definition) is 1. The van der Waals surface area contributed by atoms with Crippen LogP contribution in [0.25, 0.3) is 21.8 Å². The largest absolute Gasteiger partial charge is 0.389 e. The summed E-state index contributed by atoms with van der Waals surface area (Å²) in [6.07, 6.45) is 2.56. The Morgan fingerprint density at radius 2 is 1.60 bits per heavy atom. The van der Waals surface area contributed by atoms with Crippen molar-refractivity contribution < 1.29 is 9.90 Å². The normalized spacial score (nSPS) is 23.9. The molecule has 1 aliphatic carbocycles. The third kappa shape index (κ3) is 2.28. The summed E-state index contributed by atoms with van der Waals surface area (Å²) in [5.74, 6) is 0.461. The minimum Gasteiger partial charge on any atom is -0.389 e. The van der Waals surface area contributed by atoms with Gasteiger partial charge in [-0.15, -0.1) is 0 Å². The molecule has 1 aliphatic heterocycles. The van der Waals surface area contributed by atoms with Crippen LogP contribution >= 0.6 is 0 Å². The smallest absolute Gasteiger partial charge is 0.226 e. The summed E-state index contributed by atoms with van der Waals surface area (Å²) in [4.78, 5) is 14.3. The lowest BCUT2D eigenvalue weighted by atomic mass is 10.1. The second kappa shape index (κ2) is 5.60. The van der Waals surface area contributed by atoms with Gasteiger partial charge in [0.2, 0.25) is 5.91 Å². The van der Waals surface area contributed by atoms with Crippen LogP contribution in [-0.4, -0.2) is 39.2 Å². The molecule has 3 aromatic rings. The summed E-state index contributed by atoms with van der Waals surface area (Å²) in [5.41, 5.74) is 2.27. The number of para-hydroxylation sites is 2. The number of aromatic nitrogens is 1. The highest BCUT2D eigenvalue weighted by molar-refractivity contribution is 6.07. The highest BCUT2D eigenvalue weighted by Gasteiger charge is 2.44. The number of rotatable bonds is 4. The Hall–Kier alpha value is -2.33. The van der Waals surface area contributed by atoms with Gasteiger partial charge >= 0.3 is 0 Å². The van der Waals surface area contributed by atoms with E-state index < -0.39 is 6.10 Å². The van der Waals surface area contributed by atoms with Crippen LogP contribution in [0.15, 0.2) is 48.5 Å². The van der Waals surface area contributed by atoms with Crippen LogP contribution in [0.1, 0.15) is 19.3 Å². The zero-order chi connectivity index (χ0) is 17.0. The highest BCUT2D eigenvalue weighted by atomic mass is 16.3. The lowest BCUT2D eigenvalue weighted by Crippen LogP contribution is -2.43. The third-order valence-corrected chi connectivity index (χ3v) is 5.96. The zero-order valence-electron chi connectivity index (χ0n) is 14.1. The fourth-order valence-corrected chi connectivity index (χ4v) is 4.81. The molecule has 1 saturated heterocycles. The van der Waals surface area contributed by atoms with Crippen molar-refractivity contribution in [3.8, 4) is 0 Å². The van der Waals surface area contributed by atoms with E-state index in [9.17, 15) is 9.90 Å². The SMILES string of the molecule is O=C1[C@H]2CC[C@H](C2)N1C[C@@H](O)Cn1c2ccccc2c2ccccc21. The number of carbonyl (C=O) groups is 1. The molecule has 0 radical (unpaired) electrons. The van der Waals surface area contributed by atoms with Gasteiger partial charge in [0.15, 0.2) is 0 Å². The molecule has 0 unspecified atom stereocenters. The number of piperidine rings is 1. The summed E-state index contributed by atoms with van der Waals surface area (Å²) in [6.45, 7) is 0.954. The van der Waals surface area contributed by atoms with E-state index in [1.165, 1.54) is 10.8 Å². The molecule has 2 heterocycles. The van der Waals surface area contributed by atoms with E-state index >= 15 is 0 Å². The van der Waals surface area contributed by atoms with Crippen molar-refractivity contribution in [3.63, 3.8) is 0 Å². The van der Waals surface area contributed by atoms with Gasteiger partial charge in [-0.05, 0) is 31.4 Å². The highest BCUT2D eigenvalue weighted by Crippen LogP contribution is 2.38. The van der Waals surface area contributed by atoms with E-state index in [4.69, 9.17) is 0 Å². The van der Waals surface area contributed by atoms with Crippen molar-refractivity contribution in [1.29, 1.82) is 0 Å². The number of amides is 1. The molecule has 25 heavy (non-hydrogen) atoms. The Bertz CT molecular complexity index is 908. The average Bonchev–Trinajstić information content (AvgIpc) is 3.31. The first-order valence-corrected chi connectivity index (χ1v) is 9.17. The number of likely N-dealkylation sites (tertiary alicyclic amines) is 1. The number of carbonyl (C=O) groups excluding carboxylic acids is 1. The molecule has 2 fully saturated rings. The van der Waals surface area contributed by atoms with E-state index in [1.54, 1.807) is 0 Å². The first-order chi connectivity index (χ1) is 12.2. The van der Waals surface area contributed by atoms with Gasteiger partial charge in [-0.1, -0.05) is 36.4 Å².